The minimum atomic E-state index is -0.908. The highest BCUT2D eigenvalue weighted by Crippen LogP contribution is 2.63. The van der Waals surface area contributed by atoms with E-state index in [2.05, 4.69) is 11.4 Å². The lowest BCUT2D eigenvalue weighted by atomic mass is 9.49. The molecule has 2 aliphatic heterocycles. The highest BCUT2D eigenvalue weighted by Gasteiger charge is 2.71. The summed E-state index contributed by atoms with van der Waals surface area (Å²) in [6.07, 6.45) is 1.83. The Kier molecular flexibility index (Phi) is 2.25. The Morgan fingerprint density at radius 1 is 1.41 bits per heavy atom. The molecule has 2 N–H and O–H groups in total. The van der Waals surface area contributed by atoms with E-state index in [4.69, 9.17) is 9.47 Å². The van der Waals surface area contributed by atoms with E-state index in [1.54, 1.807) is 7.11 Å². The number of ketones is 1. The van der Waals surface area contributed by atoms with Gasteiger partial charge in [0.25, 0.3) is 0 Å². The van der Waals surface area contributed by atoms with Crippen LogP contribution in [0.25, 0.3) is 0 Å². The van der Waals surface area contributed by atoms with E-state index in [9.17, 15) is 9.90 Å². The van der Waals surface area contributed by atoms with E-state index in [1.807, 2.05) is 6.07 Å². The molecule has 116 valence electrons. The summed E-state index contributed by atoms with van der Waals surface area (Å²) in [5.74, 6) is 1.45. The van der Waals surface area contributed by atoms with Crippen molar-refractivity contribution >= 4 is 5.78 Å². The lowest BCUT2D eigenvalue weighted by Gasteiger charge is -2.59. The van der Waals surface area contributed by atoms with Crippen molar-refractivity contribution in [2.75, 3.05) is 13.7 Å². The molecule has 2 fully saturated rings. The molecule has 4 aliphatic rings. The predicted octanol–water partition coefficient (Wildman–Crippen LogP) is 0.706. The Morgan fingerprint density at radius 2 is 2.27 bits per heavy atom. The van der Waals surface area contributed by atoms with Gasteiger partial charge in [-0.3, -0.25) is 4.79 Å². The molecule has 4 atom stereocenters. The Hall–Kier alpha value is -1.59. The van der Waals surface area contributed by atoms with E-state index in [-0.39, 0.29) is 11.8 Å². The normalized spacial score (nSPS) is 40.9. The number of carbonyl (C=O) groups excluding carboxylic acids is 1. The summed E-state index contributed by atoms with van der Waals surface area (Å²) in [6, 6.07) is 3.96. The summed E-state index contributed by atoms with van der Waals surface area (Å²) in [6.45, 7) is 0.802. The molecule has 1 saturated carbocycles. The van der Waals surface area contributed by atoms with Crippen molar-refractivity contribution in [1.82, 2.24) is 5.32 Å². The number of aliphatic hydroxyl groups is 1. The van der Waals surface area contributed by atoms with Crippen LogP contribution in [0.1, 0.15) is 30.4 Å². The van der Waals surface area contributed by atoms with Crippen LogP contribution >= 0.6 is 0 Å². The smallest absolute Gasteiger partial charge is 0.174 e. The molecule has 2 heterocycles. The first-order chi connectivity index (χ1) is 10.6. The number of methoxy groups -OCH3 is 1. The maximum Gasteiger partial charge on any atom is 0.174 e. The molecule has 2 bridgehead atoms. The topological polar surface area (TPSA) is 67.8 Å². The first kappa shape index (κ1) is 12.9. The predicted molar refractivity (Wildman–Crippen MR) is 78.4 cm³/mol. The van der Waals surface area contributed by atoms with E-state index in [0.29, 0.717) is 24.3 Å². The van der Waals surface area contributed by atoms with Crippen molar-refractivity contribution in [2.45, 2.75) is 48.8 Å². The van der Waals surface area contributed by atoms with Crippen molar-refractivity contribution in [3.05, 3.63) is 23.3 Å². The monoisotopic (exact) mass is 301 g/mol. The van der Waals surface area contributed by atoms with E-state index in [0.717, 1.165) is 24.9 Å². The Labute approximate surface area is 128 Å². The second-order valence-electron chi connectivity index (χ2n) is 6.95. The van der Waals surface area contributed by atoms with Gasteiger partial charge in [0.05, 0.1) is 18.1 Å². The van der Waals surface area contributed by atoms with Gasteiger partial charge in [-0.1, -0.05) is 6.07 Å². The van der Waals surface area contributed by atoms with Gasteiger partial charge in [0, 0.05) is 18.0 Å². The quantitative estimate of drug-likeness (QED) is 0.799. The lowest BCUT2D eigenvalue weighted by Crippen LogP contribution is -2.76. The molecule has 22 heavy (non-hydrogen) atoms. The zero-order chi connectivity index (χ0) is 15.1. The zero-order valence-electron chi connectivity index (χ0n) is 12.5. The summed E-state index contributed by atoms with van der Waals surface area (Å²) >= 11 is 0. The number of hydrogen-bond acceptors (Lipinski definition) is 5. The molecule has 5 rings (SSSR count). The van der Waals surface area contributed by atoms with Crippen molar-refractivity contribution < 1.29 is 19.4 Å². The summed E-state index contributed by atoms with van der Waals surface area (Å²) in [7, 11) is 1.61. The van der Waals surface area contributed by atoms with Gasteiger partial charge in [-0.05, 0) is 37.4 Å². The highest BCUT2D eigenvalue weighted by atomic mass is 16.5. The number of rotatable bonds is 1. The molecular weight excluding hydrogens is 282 g/mol. The molecule has 0 aromatic heterocycles. The second-order valence-corrected chi connectivity index (χ2v) is 6.95. The van der Waals surface area contributed by atoms with Gasteiger partial charge in [0.15, 0.2) is 23.4 Å². The molecule has 1 spiro atoms. The number of Topliss-reactive ketones (excluding diaryl/α,β-unsaturated/α-hetero) is 1. The Morgan fingerprint density at radius 3 is 3.09 bits per heavy atom. The summed E-state index contributed by atoms with van der Waals surface area (Å²) in [5, 5.41) is 15.0. The molecule has 0 amide bonds. The molecule has 5 nitrogen and oxygen atoms in total. The van der Waals surface area contributed by atoms with Crippen molar-refractivity contribution in [1.29, 1.82) is 0 Å². The number of piperidine rings is 1. The summed E-state index contributed by atoms with van der Waals surface area (Å²) < 4.78 is 11.6. The fourth-order valence-electron chi connectivity index (χ4n) is 5.37. The number of benzene rings is 1. The average molecular weight is 301 g/mol. The van der Waals surface area contributed by atoms with Gasteiger partial charge < -0.3 is 19.9 Å². The first-order valence-corrected chi connectivity index (χ1v) is 7.97. The Balaban J connectivity index is 1.87. The van der Waals surface area contributed by atoms with Gasteiger partial charge in [-0.25, -0.2) is 0 Å². The van der Waals surface area contributed by atoms with Crippen LogP contribution in [0.4, 0.5) is 0 Å². The van der Waals surface area contributed by atoms with Crippen molar-refractivity contribution in [3.8, 4) is 11.5 Å². The third kappa shape index (κ3) is 1.16. The maximum absolute atomic E-state index is 12.6. The molecule has 1 aromatic rings. The van der Waals surface area contributed by atoms with Crippen LogP contribution < -0.4 is 14.8 Å². The number of hydrogen-bond donors (Lipinski definition) is 2. The van der Waals surface area contributed by atoms with Gasteiger partial charge in [0.1, 0.15) is 0 Å². The van der Waals surface area contributed by atoms with E-state index >= 15 is 0 Å². The second kappa shape index (κ2) is 3.84. The number of carbonyl (C=O) groups is 1. The molecule has 2 aliphatic carbocycles. The van der Waals surface area contributed by atoms with Crippen LogP contribution in [0.15, 0.2) is 12.1 Å². The van der Waals surface area contributed by atoms with Crippen LogP contribution in [-0.2, 0) is 16.6 Å². The van der Waals surface area contributed by atoms with Crippen LogP contribution in [0.3, 0.4) is 0 Å². The molecule has 0 radical (unpaired) electrons. The highest BCUT2D eigenvalue weighted by molar-refractivity contribution is 5.90. The van der Waals surface area contributed by atoms with Crippen molar-refractivity contribution in [2.24, 2.45) is 0 Å². The minimum Gasteiger partial charge on any atom is -0.493 e. The largest absolute Gasteiger partial charge is 0.493 e. The third-order valence-corrected chi connectivity index (χ3v) is 6.29. The van der Waals surface area contributed by atoms with Crippen LogP contribution in [0.2, 0.25) is 0 Å². The zero-order valence-corrected chi connectivity index (χ0v) is 12.5. The number of nitrogens with one attached hydrogen (secondary N) is 1. The van der Waals surface area contributed by atoms with Crippen molar-refractivity contribution in [3.63, 3.8) is 0 Å². The first-order valence-electron chi connectivity index (χ1n) is 7.97. The molecule has 1 aromatic carbocycles. The standard InChI is InChI=1S/C17H19NO4/c1-21-11-3-2-9-8-12-17(20)5-4-10(19)15-16(17,6-7-18-12)13(9)14(11)22-15/h2-3,12,15,18,20H,4-8H2,1H3/t12?,15?,16-,17+/m0/s1. The van der Waals surface area contributed by atoms with Crippen LogP contribution in [0.5, 0.6) is 11.5 Å². The van der Waals surface area contributed by atoms with Crippen LogP contribution in [-0.4, -0.2) is 42.3 Å². The van der Waals surface area contributed by atoms with Gasteiger partial charge in [0.2, 0.25) is 0 Å². The van der Waals surface area contributed by atoms with Gasteiger partial charge >= 0.3 is 0 Å². The van der Waals surface area contributed by atoms with Gasteiger partial charge in [-0.2, -0.15) is 0 Å². The molecule has 5 heteroatoms. The SMILES string of the molecule is COc1ccc2c3c1OC1C(=O)CC[C@@]4(O)C(C2)NCC[C@]314. The summed E-state index contributed by atoms with van der Waals surface area (Å²) in [5.41, 5.74) is 0.699. The van der Waals surface area contributed by atoms with Gasteiger partial charge in [-0.15, -0.1) is 0 Å². The average Bonchev–Trinajstić information content (AvgIpc) is 2.85. The molecule has 2 unspecified atom stereocenters. The summed E-state index contributed by atoms with van der Waals surface area (Å²) in [4.78, 5) is 12.6. The third-order valence-electron chi connectivity index (χ3n) is 6.29. The molecule has 1 saturated heterocycles. The van der Waals surface area contributed by atoms with E-state index < -0.39 is 17.1 Å². The van der Waals surface area contributed by atoms with Crippen LogP contribution in [0, 0.1) is 0 Å². The minimum absolute atomic E-state index is 0.00713. The maximum atomic E-state index is 12.6. The Bertz CT molecular complexity index is 702. The fraction of sp³-hybridized carbons (Fsp3) is 0.588. The van der Waals surface area contributed by atoms with E-state index in [1.165, 1.54) is 5.56 Å². The molecular formula is C17H19NO4. The fourth-order valence-corrected chi connectivity index (χ4v) is 5.37. The number of ether oxygens (including phenoxy) is 2. The lowest BCUT2D eigenvalue weighted by molar-refractivity contribution is -0.166.